The number of aryl methyl sites for hydroxylation is 1. The molecule has 1 aromatic rings. The Balaban J connectivity index is 2.65. The number of nitrogens with one attached hydrogen (secondary N) is 2. The summed E-state index contributed by atoms with van der Waals surface area (Å²) >= 11 is 0. The second-order valence-corrected chi connectivity index (χ2v) is 6.41. The molecule has 1 unspecified atom stereocenters. The molecule has 0 spiro atoms. The van der Waals surface area contributed by atoms with Crippen LogP contribution in [0.3, 0.4) is 0 Å². The number of carboxylic acid groups (broad SMARTS) is 1. The molecule has 0 bridgehead atoms. The lowest BCUT2D eigenvalue weighted by Gasteiger charge is -2.25. The Labute approximate surface area is 125 Å². The van der Waals surface area contributed by atoms with E-state index in [-0.39, 0.29) is 11.8 Å². The van der Waals surface area contributed by atoms with Crippen molar-refractivity contribution in [3.05, 3.63) is 24.0 Å². The fourth-order valence-electron chi connectivity index (χ4n) is 2.10. The predicted molar refractivity (Wildman–Crippen MR) is 81.2 cm³/mol. The molecule has 3 N–H and O–H groups in total. The number of carbonyl (C=O) groups excluding carboxylic acids is 1. The maximum Gasteiger partial charge on any atom is 0.319 e. The summed E-state index contributed by atoms with van der Waals surface area (Å²) < 4.78 is 0. The molecule has 0 aliphatic heterocycles. The molecule has 116 valence electrons. The summed E-state index contributed by atoms with van der Waals surface area (Å²) in [6, 6.07) is 0.959. The first-order valence-corrected chi connectivity index (χ1v) is 6.87. The number of amides is 2. The molecule has 0 saturated heterocycles. The van der Waals surface area contributed by atoms with E-state index >= 15 is 0 Å². The molecule has 6 nitrogen and oxygen atoms in total. The molecule has 1 rings (SSSR count). The summed E-state index contributed by atoms with van der Waals surface area (Å²) in [6.07, 6.45) is 3.72. The Morgan fingerprint density at radius 1 is 1.33 bits per heavy atom. The lowest BCUT2D eigenvalue weighted by atomic mass is 9.87. The number of carbonyl (C=O) groups is 2. The summed E-state index contributed by atoms with van der Waals surface area (Å²) in [5.74, 6) is -0.929. The minimum Gasteiger partial charge on any atom is -0.481 e. The Hall–Kier alpha value is -2.11. The van der Waals surface area contributed by atoms with Gasteiger partial charge in [-0.25, -0.2) is 4.79 Å². The molecule has 0 aliphatic rings. The first-order chi connectivity index (χ1) is 9.65. The SMILES string of the molecule is Cc1cncc(NC(=O)NC(CC(=O)O)CC(C)(C)C)c1. The van der Waals surface area contributed by atoms with E-state index in [1.165, 1.54) is 0 Å². The van der Waals surface area contributed by atoms with E-state index in [2.05, 4.69) is 15.6 Å². The van der Waals surface area contributed by atoms with Crippen LogP contribution in [0.2, 0.25) is 0 Å². The summed E-state index contributed by atoms with van der Waals surface area (Å²) in [6.45, 7) is 7.90. The van der Waals surface area contributed by atoms with Gasteiger partial charge >= 0.3 is 12.0 Å². The maximum atomic E-state index is 12.0. The van der Waals surface area contributed by atoms with Gasteiger partial charge < -0.3 is 15.7 Å². The topological polar surface area (TPSA) is 91.3 Å². The van der Waals surface area contributed by atoms with Gasteiger partial charge in [-0.2, -0.15) is 0 Å². The quantitative estimate of drug-likeness (QED) is 0.778. The van der Waals surface area contributed by atoms with Crippen LogP contribution in [0.4, 0.5) is 10.5 Å². The maximum absolute atomic E-state index is 12.0. The van der Waals surface area contributed by atoms with Crippen LogP contribution in [0, 0.1) is 12.3 Å². The highest BCUT2D eigenvalue weighted by Gasteiger charge is 2.22. The van der Waals surface area contributed by atoms with E-state index < -0.39 is 18.0 Å². The standard InChI is InChI=1S/C15H23N3O3/c1-10-5-12(9-16-8-10)18-14(21)17-11(6-13(19)20)7-15(2,3)4/h5,8-9,11H,6-7H2,1-4H3,(H,19,20)(H2,17,18,21). The van der Waals surface area contributed by atoms with Crippen LogP contribution in [0.1, 0.15) is 39.2 Å². The van der Waals surface area contributed by atoms with Gasteiger partial charge in [0.2, 0.25) is 0 Å². The van der Waals surface area contributed by atoms with E-state index in [0.717, 1.165) is 5.56 Å². The van der Waals surface area contributed by atoms with Gasteiger partial charge in [0.15, 0.2) is 0 Å². The number of nitrogens with zero attached hydrogens (tertiary/aromatic N) is 1. The summed E-state index contributed by atoms with van der Waals surface area (Å²) in [5, 5.41) is 14.3. The van der Waals surface area contributed by atoms with E-state index in [9.17, 15) is 9.59 Å². The van der Waals surface area contributed by atoms with Crippen molar-refractivity contribution in [1.82, 2.24) is 10.3 Å². The van der Waals surface area contributed by atoms with Crippen molar-refractivity contribution in [2.75, 3.05) is 5.32 Å². The number of anilines is 1. The number of rotatable bonds is 5. The zero-order valence-electron chi connectivity index (χ0n) is 12.9. The van der Waals surface area contributed by atoms with Crippen molar-refractivity contribution in [2.24, 2.45) is 5.41 Å². The smallest absolute Gasteiger partial charge is 0.319 e. The van der Waals surface area contributed by atoms with E-state index in [0.29, 0.717) is 12.1 Å². The molecule has 0 aromatic carbocycles. The average Bonchev–Trinajstić information content (AvgIpc) is 2.24. The van der Waals surface area contributed by atoms with Gasteiger partial charge in [-0.3, -0.25) is 9.78 Å². The molecule has 1 atom stereocenters. The highest BCUT2D eigenvalue weighted by molar-refractivity contribution is 5.89. The van der Waals surface area contributed by atoms with Crippen LogP contribution >= 0.6 is 0 Å². The molecular weight excluding hydrogens is 270 g/mol. The predicted octanol–water partition coefficient (Wildman–Crippen LogP) is 2.79. The number of urea groups is 1. The normalized spacial score (nSPS) is 12.6. The van der Waals surface area contributed by atoms with Crippen LogP contribution in [0.15, 0.2) is 18.5 Å². The van der Waals surface area contributed by atoms with E-state index in [4.69, 9.17) is 5.11 Å². The fraction of sp³-hybridized carbons (Fsp3) is 0.533. The highest BCUT2D eigenvalue weighted by atomic mass is 16.4. The highest BCUT2D eigenvalue weighted by Crippen LogP contribution is 2.22. The summed E-state index contributed by atoms with van der Waals surface area (Å²) in [7, 11) is 0. The molecule has 1 aromatic heterocycles. The van der Waals surface area contributed by atoms with Crippen LogP contribution in [0.25, 0.3) is 0 Å². The van der Waals surface area contributed by atoms with Crippen molar-refractivity contribution in [3.8, 4) is 0 Å². The molecule has 0 fully saturated rings. The zero-order chi connectivity index (χ0) is 16.0. The third-order valence-corrected chi connectivity index (χ3v) is 2.75. The largest absolute Gasteiger partial charge is 0.481 e. The van der Waals surface area contributed by atoms with Gasteiger partial charge in [-0.1, -0.05) is 20.8 Å². The Kier molecular flexibility index (Phi) is 5.69. The number of carboxylic acids is 1. The van der Waals surface area contributed by atoms with Crippen molar-refractivity contribution in [1.29, 1.82) is 0 Å². The van der Waals surface area contributed by atoms with Crippen molar-refractivity contribution < 1.29 is 14.7 Å². The minimum absolute atomic E-state index is 0.0711. The molecule has 2 amide bonds. The number of aromatic nitrogens is 1. The lowest BCUT2D eigenvalue weighted by molar-refractivity contribution is -0.137. The van der Waals surface area contributed by atoms with Gasteiger partial charge in [0.1, 0.15) is 0 Å². The van der Waals surface area contributed by atoms with Crippen LogP contribution in [-0.4, -0.2) is 28.1 Å². The minimum atomic E-state index is -0.929. The van der Waals surface area contributed by atoms with Crippen LogP contribution in [-0.2, 0) is 4.79 Å². The zero-order valence-corrected chi connectivity index (χ0v) is 12.9. The number of hydrogen-bond donors (Lipinski definition) is 3. The average molecular weight is 293 g/mol. The third-order valence-electron chi connectivity index (χ3n) is 2.75. The molecule has 1 heterocycles. The Morgan fingerprint density at radius 3 is 2.52 bits per heavy atom. The van der Waals surface area contributed by atoms with E-state index in [1.807, 2.05) is 27.7 Å². The first-order valence-electron chi connectivity index (χ1n) is 6.87. The van der Waals surface area contributed by atoms with Crippen molar-refractivity contribution in [3.63, 3.8) is 0 Å². The van der Waals surface area contributed by atoms with Crippen molar-refractivity contribution >= 4 is 17.7 Å². The molecule has 0 radical (unpaired) electrons. The third kappa shape index (κ3) is 7.29. The second-order valence-electron chi connectivity index (χ2n) is 6.41. The molecule has 21 heavy (non-hydrogen) atoms. The van der Waals surface area contributed by atoms with Gasteiger partial charge in [-0.05, 0) is 30.4 Å². The molecular formula is C15H23N3O3. The number of hydrogen-bond acceptors (Lipinski definition) is 3. The number of aliphatic carboxylic acids is 1. The summed E-state index contributed by atoms with van der Waals surface area (Å²) in [5.41, 5.74) is 1.44. The lowest BCUT2D eigenvalue weighted by Crippen LogP contribution is -2.41. The molecule has 0 saturated carbocycles. The number of pyridine rings is 1. The molecule has 6 heteroatoms. The van der Waals surface area contributed by atoms with Gasteiger partial charge in [0.05, 0.1) is 18.3 Å². The monoisotopic (exact) mass is 293 g/mol. The second kappa shape index (κ2) is 7.06. The van der Waals surface area contributed by atoms with Gasteiger partial charge in [0, 0.05) is 12.2 Å². The first kappa shape index (κ1) is 16.9. The fourth-order valence-corrected chi connectivity index (χ4v) is 2.10. The van der Waals surface area contributed by atoms with E-state index in [1.54, 1.807) is 18.5 Å². The van der Waals surface area contributed by atoms with Gasteiger partial charge in [-0.15, -0.1) is 0 Å². The van der Waals surface area contributed by atoms with Crippen LogP contribution in [0.5, 0.6) is 0 Å². The molecule has 0 aliphatic carbocycles. The van der Waals surface area contributed by atoms with Crippen molar-refractivity contribution in [2.45, 2.75) is 46.6 Å². The summed E-state index contributed by atoms with van der Waals surface area (Å²) in [4.78, 5) is 26.8. The Bertz CT molecular complexity index is 509. The Morgan fingerprint density at radius 2 is 2.00 bits per heavy atom. The van der Waals surface area contributed by atoms with Crippen LogP contribution < -0.4 is 10.6 Å². The van der Waals surface area contributed by atoms with Gasteiger partial charge in [0.25, 0.3) is 0 Å².